The summed E-state index contributed by atoms with van der Waals surface area (Å²) < 4.78 is 0. The summed E-state index contributed by atoms with van der Waals surface area (Å²) in [5.74, 6) is 0.521. The van der Waals surface area contributed by atoms with Gasteiger partial charge in [0.2, 0.25) is 5.91 Å². The van der Waals surface area contributed by atoms with Crippen molar-refractivity contribution in [2.75, 3.05) is 55.5 Å². The highest BCUT2D eigenvalue weighted by Gasteiger charge is 2.20. The van der Waals surface area contributed by atoms with Crippen LogP contribution in [0.4, 0.5) is 16.2 Å². The van der Waals surface area contributed by atoms with E-state index in [9.17, 15) is 9.59 Å². The molecule has 7 nitrogen and oxygen atoms in total. The van der Waals surface area contributed by atoms with Crippen LogP contribution in [-0.4, -0.2) is 68.1 Å². The molecule has 0 radical (unpaired) electrons. The number of carbonyl (C=O) groups excluding carboxylic acids is 2. The molecule has 4 N–H and O–H groups in total. The number of anilines is 2. The van der Waals surface area contributed by atoms with Gasteiger partial charge in [0, 0.05) is 37.6 Å². The van der Waals surface area contributed by atoms with Gasteiger partial charge in [-0.1, -0.05) is 0 Å². The van der Waals surface area contributed by atoms with Crippen molar-refractivity contribution in [1.29, 1.82) is 0 Å². The van der Waals surface area contributed by atoms with Crippen molar-refractivity contribution in [3.63, 3.8) is 0 Å². The van der Waals surface area contributed by atoms with Crippen LogP contribution in [0.15, 0.2) is 18.2 Å². The van der Waals surface area contributed by atoms with E-state index in [1.165, 1.54) is 5.69 Å². The number of thioether (sulfide) groups is 1. The maximum absolute atomic E-state index is 12.5. The van der Waals surface area contributed by atoms with Crippen LogP contribution in [-0.2, 0) is 4.79 Å². The number of hydrogen-bond acceptors (Lipinski definition) is 5. The van der Waals surface area contributed by atoms with Crippen LogP contribution >= 0.6 is 11.8 Å². The first-order chi connectivity index (χ1) is 12.4. The number of primary amides is 1. The van der Waals surface area contributed by atoms with E-state index in [1.807, 2.05) is 25.3 Å². The van der Waals surface area contributed by atoms with Gasteiger partial charge in [-0.3, -0.25) is 4.79 Å². The summed E-state index contributed by atoms with van der Waals surface area (Å²) in [6.45, 7) is 6.08. The predicted octanol–water partition coefficient (Wildman–Crippen LogP) is 1.48. The van der Waals surface area contributed by atoms with Crippen LogP contribution in [0.1, 0.15) is 12.0 Å². The molecule has 0 aromatic heterocycles. The average Bonchev–Trinajstić information content (AvgIpc) is 2.60. The molecule has 0 aliphatic carbocycles. The van der Waals surface area contributed by atoms with Crippen molar-refractivity contribution >= 4 is 35.1 Å². The molecule has 1 saturated heterocycles. The minimum atomic E-state index is -0.687. The van der Waals surface area contributed by atoms with Crippen molar-refractivity contribution in [2.24, 2.45) is 5.73 Å². The van der Waals surface area contributed by atoms with E-state index >= 15 is 0 Å². The molecule has 26 heavy (non-hydrogen) atoms. The first-order valence-corrected chi connectivity index (χ1v) is 10.2. The van der Waals surface area contributed by atoms with Gasteiger partial charge < -0.3 is 26.2 Å². The summed E-state index contributed by atoms with van der Waals surface area (Å²) in [5, 5.41) is 5.44. The molecule has 1 aromatic rings. The van der Waals surface area contributed by atoms with E-state index < -0.39 is 12.1 Å². The molecule has 8 heteroatoms. The number of likely N-dealkylation sites (N-methyl/N-ethyl adjacent to an activating group) is 1. The number of amides is 3. The minimum absolute atomic E-state index is 0.242. The molecule has 2 rings (SSSR count). The van der Waals surface area contributed by atoms with E-state index in [0.29, 0.717) is 6.42 Å². The number of hydrogen-bond donors (Lipinski definition) is 3. The van der Waals surface area contributed by atoms with Gasteiger partial charge in [-0.25, -0.2) is 4.79 Å². The van der Waals surface area contributed by atoms with Crippen LogP contribution in [0.25, 0.3) is 0 Å². The molecule has 1 aromatic carbocycles. The lowest BCUT2D eigenvalue weighted by Crippen LogP contribution is -2.46. The second-order valence-corrected chi connectivity index (χ2v) is 7.61. The van der Waals surface area contributed by atoms with Gasteiger partial charge in [-0.05, 0) is 56.2 Å². The fourth-order valence-electron chi connectivity index (χ4n) is 2.95. The normalized spacial score (nSPS) is 16.2. The lowest BCUT2D eigenvalue weighted by Gasteiger charge is -2.34. The highest BCUT2D eigenvalue weighted by molar-refractivity contribution is 7.98. The quantitative estimate of drug-likeness (QED) is 0.667. The van der Waals surface area contributed by atoms with Crippen molar-refractivity contribution in [3.8, 4) is 0 Å². The summed E-state index contributed by atoms with van der Waals surface area (Å²) in [4.78, 5) is 28.4. The molecule has 1 aliphatic rings. The first-order valence-electron chi connectivity index (χ1n) is 8.80. The number of nitrogens with one attached hydrogen (secondary N) is 2. The number of aryl methyl sites for hydroxylation is 1. The summed E-state index contributed by atoms with van der Waals surface area (Å²) >= 11 is 1.62. The van der Waals surface area contributed by atoms with Crippen LogP contribution in [0.2, 0.25) is 0 Å². The Morgan fingerprint density at radius 1 is 1.27 bits per heavy atom. The maximum Gasteiger partial charge on any atom is 0.312 e. The molecule has 3 amide bonds. The fraction of sp³-hybridized carbons (Fsp3) is 0.556. The zero-order chi connectivity index (χ0) is 19.1. The Bertz CT molecular complexity index is 632. The molecule has 1 atom stereocenters. The standard InChI is InChI=1S/C18H29N5O2S/c1-13-12-14(23-9-7-22(2)8-10-23)4-5-15(13)20-17(24)16(6-11-26-3)21-18(19)25/h4-5,12,16H,6-11H2,1-3H3,(H,20,24)(H3,19,21,25)/t16-/m0/s1. The zero-order valence-electron chi connectivity index (χ0n) is 15.7. The van der Waals surface area contributed by atoms with Crippen LogP contribution in [0.5, 0.6) is 0 Å². The lowest BCUT2D eigenvalue weighted by atomic mass is 10.1. The smallest absolute Gasteiger partial charge is 0.312 e. The first kappa shape index (κ1) is 20.4. The number of nitrogens with zero attached hydrogens (tertiary/aromatic N) is 2. The third-order valence-corrected chi connectivity index (χ3v) is 5.22. The van der Waals surface area contributed by atoms with E-state index in [2.05, 4.69) is 33.5 Å². The molecule has 1 heterocycles. The Morgan fingerprint density at radius 2 is 1.96 bits per heavy atom. The molecule has 0 bridgehead atoms. The van der Waals surface area contributed by atoms with Gasteiger partial charge in [0.05, 0.1) is 0 Å². The van der Waals surface area contributed by atoms with E-state index in [4.69, 9.17) is 5.73 Å². The second-order valence-electron chi connectivity index (χ2n) is 6.62. The third-order valence-electron chi connectivity index (χ3n) is 4.58. The van der Waals surface area contributed by atoms with Gasteiger partial charge in [0.25, 0.3) is 0 Å². The highest BCUT2D eigenvalue weighted by atomic mass is 32.2. The second kappa shape index (κ2) is 9.68. The Balaban J connectivity index is 2.03. The van der Waals surface area contributed by atoms with Crippen LogP contribution in [0, 0.1) is 6.92 Å². The van der Waals surface area contributed by atoms with Gasteiger partial charge in [-0.2, -0.15) is 11.8 Å². The Labute approximate surface area is 159 Å². The fourth-order valence-corrected chi connectivity index (χ4v) is 3.42. The van der Waals surface area contributed by atoms with Crippen LogP contribution in [0.3, 0.4) is 0 Å². The molecular formula is C18H29N5O2S. The molecule has 1 aliphatic heterocycles. The van der Waals surface area contributed by atoms with Gasteiger partial charge in [0.15, 0.2) is 0 Å². The zero-order valence-corrected chi connectivity index (χ0v) is 16.6. The number of urea groups is 1. The van der Waals surface area contributed by atoms with Crippen molar-refractivity contribution in [2.45, 2.75) is 19.4 Å². The number of rotatable bonds is 7. The SMILES string of the molecule is CSCC[C@H](NC(N)=O)C(=O)Nc1ccc(N2CCN(C)CC2)cc1C. The molecule has 0 spiro atoms. The predicted molar refractivity (Wildman–Crippen MR) is 109 cm³/mol. The molecule has 144 valence electrons. The molecule has 0 unspecified atom stereocenters. The summed E-state index contributed by atoms with van der Waals surface area (Å²) in [7, 11) is 2.13. The van der Waals surface area contributed by atoms with Gasteiger partial charge >= 0.3 is 6.03 Å². The van der Waals surface area contributed by atoms with Crippen molar-refractivity contribution in [1.82, 2.24) is 10.2 Å². The topological polar surface area (TPSA) is 90.7 Å². The minimum Gasteiger partial charge on any atom is -0.369 e. The lowest BCUT2D eigenvalue weighted by molar-refractivity contribution is -0.117. The van der Waals surface area contributed by atoms with Gasteiger partial charge in [-0.15, -0.1) is 0 Å². The maximum atomic E-state index is 12.5. The monoisotopic (exact) mass is 379 g/mol. The number of benzene rings is 1. The average molecular weight is 380 g/mol. The summed E-state index contributed by atoms with van der Waals surface area (Å²) in [6.07, 6.45) is 2.49. The van der Waals surface area contributed by atoms with Crippen molar-refractivity contribution in [3.05, 3.63) is 23.8 Å². The molecular weight excluding hydrogens is 350 g/mol. The summed E-state index contributed by atoms with van der Waals surface area (Å²) in [5.41, 5.74) is 8.12. The number of nitrogens with two attached hydrogens (primary N) is 1. The molecule has 0 saturated carbocycles. The Hall–Kier alpha value is -1.93. The Kier molecular flexibility index (Phi) is 7.59. The van der Waals surface area contributed by atoms with E-state index in [1.54, 1.807) is 11.8 Å². The largest absolute Gasteiger partial charge is 0.369 e. The molecule has 1 fully saturated rings. The van der Waals surface area contributed by atoms with Gasteiger partial charge in [0.1, 0.15) is 6.04 Å². The van der Waals surface area contributed by atoms with Crippen LogP contribution < -0.4 is 21.3 Å². The number of piperazine rings is 1. The van der Waals surface area contributed by atoms with Crippen molar-refractivity contribution < 1.29 is 9.59 Å². The Morgan fingerprint density at radius 3 is 2.54 bits per heavy atom. The van der Waals surface area contributed by atoms with E-state index in [0.717, 1.165) is 43.2 Å². The summed E-state index contributed by atoms with van der Waals surface area (Å²) in [6, 6.07) is 4.74. The third kappa shape index (κ3) is 5.81. The van der Waals surface area contributed by atoms with E-state index in [-0.39, 0.29) is 5.91 Å². The number of carbonyl (C=O) groups is 2. The highest BCUT2D eigenvalue weighted by Crippen LogP contribution is 2.24.